The monoisotopic (exact) mass is 546 g/mol. The van der Waals surface area contributed by atoms with Gasteiger partial charge in [-0.15, -0.1) is 0 Å². The van der Waals surface area contributed by atoms with E-state index in [-0.39, 0.29) is 30.4 Å². The van der Waals surface area contributed by atoms with Crippen LogP contribution in [0.2, 0.25) is 0 Å². The van der Waals surface area contributed by atoms with Crippen LogP contribution in [-0.2, 0) is 30.2 Å². The Hall–Kier alpha value is -2.94. The zero-order valence-corrected chi connectivity index (χ0v) is 25.2. The van der Waals surface area contributed by atoms with E-state index in [2.05, 4.69) is 10.6 Å². The highest BCUT2D eigenvalue weighted by atomic mass is 16.6. The Labute approximate surface area is 232 Å². The minimum atomic E-state index is -0.840. The van der Waals surface area contributed by atoms with E-state index >= 15 is 0 Å². The number of epoxide rings is 1. The van der Waals surface area contributed by atoms with Crippen LogP contribution in [0.25, 0.3) is 0 Å². The number of carbonyl (C=O) groups excluding carboxylic acids is 4. The Bertz CT molecular complexity index is 1030. The third-order valence-corrected chi connectivity index (χ3v) is 6.06. The van der Waals surface area contributed by atoms with Crippen molar-refractivity contribution in [2.24, 2.45) is 5.92 Å². The first kappa shape index (κ1) is 32.3. The minimum absolute atomic E-state index is 0.0735. The zero-order chi connectivity index (χ0) is 29.8. The molecule has 0 saturated carbocycles. The summed E-state index contributed by atoms with van der Waals surface area (Å²) in [6, 6.07) is 3.95. The van der Waals surface area contributed by atoms with E-state index in [1.165, 1.54) is 0 Å². The van der Waals surface area contributed by atoms with Crippen molar-refractivity contribution in [1.82, 2.24) is 10.6 Å². The number of Topliss-reactive ketones (excluding diaryl/α,β-unsaturated/α-hetero) is 1. The fourth-order valence-corrected chi connectivity index (χ4v) is 4.09. The SMILES string of the molecule is Cc1ccc(C(=O)NC(CC(C)C)C(=O)[C@@]2(C)CO2)cc1CC(CC(=O)OC(C)(C)C)NC(=O)OC(C)(C)C. The lowest BCUT2D eigenvalue weighted by atomic mass is 9.92. The Kier molecular flexibility index (Phi) is 10.3. The van der Waals surface area contributed by atoms with Gasteiger partial charge >= 0.3 is 12.1 Å². The molecule has 0 aromatic heterocycles. The fourth-order valence-electron chi connectivity index (χ4n) is 4.09. The van der Waals surface area contributed by atoms with Crippen LogP contribution in [0.4, 0.5) is 4.79 Å². The number of ketones is 1. The summed E-state index contributed by atoms with van der Waals surface area (Å²) in [7, 11) is 0. The number of benzene rings is 1. The molecule has 9 heteroatoms. The molecule has 1 saturated heterocycles. The first-order valence-electron chi connectivity index (χ1n) is 13.6. The average molecular weight is 547 g/mol. The Morgan fingerprint density at radius 1 is 1.00 bits per heavy atom. The van der Waals surface area contributed by atoms with Crippen LogP contribution in [0.5, 0.6) is 0 Å². The van der Waals surface area contributed by atoms with E-state index in [0.29, 0.717) is 18.6 Å². The van der Waals surface area contributed by atoms with Crippen LogP contribution < -0.4 is 10.6 Å². The van der Waals surface area contributed by atoms with Gasteiger partial charge in [-0.05, 0) is 97.4 Å². The summed E-state index contributed by atoms with van der Waals surface area (Å²) in [5.74, 6) is -0.761. The molecule has 39 heavy (non-hydrogen) atoms. The van der Waals surface area contributed by atoms with Crippen LogP contribution >= 0.6 is 0 Å². The van der Waals surface area contributed by atoms with Crippen molar-refractivity contribution >= 4 is 23.8 Å². The lowest BCUT2D eigenvalue weighted by molar-refractivity contribution is -0.155. The minimum Gasteiger partial charge on any atom is -0.460 e. The molecule has 2 rings (SSSR count). The molecule has 1 aromatic rings. The Morgan fingerprint density at radius 3 is 2.10 bits per heavy atom. The summed E-state index contributed by atoms with van der Waals surface area (Å²) in [6.45, 7) is 18.6. The average Bonchev–Trinajstić information content (AvgIpc) is 3.49. The van der Waals surface area contributed by atoms with Crippen LogP contribution in [-0.4, -0.2) is 59.2 Å². The smallest absolute Gasteiger partial charge is 0.407 e. The predicted molar refractivity (Wildman–Crippen MR) is 149 cm³/mol. The van der Waals surface area contributed by atoms with Crippen molar-refractivity contribution in [2.75, 3.05) is 6.61 Å². The molecule has 1 aliphatic rings. The molecule has 9 nitrogen and oxygen atoms in total. The first-order chi connectivity index (χ1) is 17.8. The van der Waals surface area contributed by atoms with Gasteiger partial charge in [0, 0.05) is 11.6 Å². The van der Waals surface area contributed by atoms with Gasteiger partial charge in [-0.25, -0.2) is 4.79 Å². The van der Waals surface area contributed by atoms with Gasteiger partial charge in [0.1, 0.15) is 16.8 Å². The number of aryl methyl sites for hydroxylation is 1. The van der Waals surface area contributed by atoms with E-state index in [0.717, 1.165) is 11.1 Å². The maximum atomic E-state index is 13.2. The van der Waals surface area contributed by atoms with Gasteiger partial charge in [0.2, 0.25) is 0 Å². The van der Waals surface area contributed by atoms with Gasteiger partial charge in [0.25, 0.3) is 5.91 Å². The van der Waals surface area contributed by atoms with Crippen molar-refractivity contribution < 1.29 is 33.4 Å². The molecule has 3 atom stereocenters. The summed E-state index contributed by atoms with van der Waals surface area (Å²) >= 11 is 0. The Balaban J connectivity index is 2.25. The van der Waals surface area contributed by atoms with Crippen molar-refractivity contribution in [1.29, 1.82) is 0 Å². The maximum Gasteiger partial charge on any atom is 0.407 e. The van der Waals surface area contributed by atoms with E-state index in [4.69, 9.17) is 14.2 Å². The quantitative estimate of drug-likeness (QED) is 0.305. The number of esters is 1. The molecule has 0 radical (unpaired) electrons. The topological polar surface area (TPSA) is 123 Å². The third-order valence-electron chi connectivity index (χ3n) is 6.06. The number of nitrogens with one attached hydrogen (secondary N) is 2. The summed E-state index contributed by atoms with van der Waals surface area (Å²) in [4.78, 5) is 51.4. The molecule has 2 N–H and O–H groups in total. The summed E-state index contributed by atoms with van der Waals surface area (Å²) in [5.41, 5.74) is -0.174. The molecule has 0 aliphatic carbocycles. The van der Waals surface area contributed by atoms with Gasteiger partial charge in [-0.3, -0.25) is 14.4 Å². The molecule has 2 amide bonds. The first-order valence-corrected chi connectivity index (χ1v) is 13.6. The molecule has 1 fully saturated rings. The van der Waals surface area contributed by atoms with Gasteiger partial charge in [0.15, 0.2) is 5.78 Å². The van der Waals surface area contributed by atoms with E-state index in [1.807, 2.05) is 26.8 Å². The van der Waals surface area contributed by atoms with E-state index in [9.17, 15) is 19.2 Å². The van der Waals surface area contributed by atoms with Crippen molar-refractivity contribution in [3.05, 3.63) is 34.9 Å². The lowest BCUT2D eigenvalue weighted by Crippen LogP contribution is -2.46. The standard InChI is InChI=1S/C30H46N2O7/c1-18(2)13-23(25(34)30(10)17-37-30)32-26(35)20-12-11-19(3)21(14-20)15-22(16-24(33)38-28(4,5)6)31-27(36)39-29(7,8)9/h11-12,14,18,22-23H,13,15-17H2,1-10H3,(H,31,36)(H,32,35)/t22?,23?,30-/m1/s1. The fraction of sp³-hybridized carbons (Fsp3) is 0.667. The van der Waals surface area contributed by atoms with Crippen LogP contribution in [0, 0.1) is 12.8 Å². The second-order valence-electron chi connectivity index (χ2n) is 13.0. The van der Waals surface area contributed by atoms with Crippen molar-refractivity contribution in [2.45, 2.75) is 117 Å². The molecule has 1 heterocycles. The number of amides is 2. The van der Waals surface area contributed by atoms with Crippen LogP contribution in [0.1, 0.15) is 96.6 Å². The highest BCUT2D eigenvalue weighted by Crippen LogP contribution is 2.30. The number of carbonyl (C=O) groups is 4. The summed E-state index contributed by atoms with van der Waals surface area (Å²) < 4.78 is 16.2. The highest BCUT2D eigenvalue weighted by Gasteiger charge is 2.50. The Morgan fingerprint density at radius 2 is 1.59 bits per heavy atom. The number of hydrogen-bond acceptors (Lipinski definition) is 7. The normalized spacial score (nSPS) is 18.6. The number of ether oxygens (including phenoxy) is 3. The van der Waals surface area contributed by atoms with Gasteiger partial charge in [0.05, 0.1) is 19.1 Å². The van der Waals surface area contributed by atoms with Crippen molar-refractivity contribution in [3.63, 3.8) is 0 Å². The van der Waals surface area contributed by atoms with Crippen LogP contribution in [0.15, 0.2) is 18.2 Å². The molecular formula is C30H46N2O7. The van der Waals surface area contributed by atoms with Crippen molar-refractivity contribution in [3.8, 4) is 0 Å². The largest absolute Gasteiger partial charge is 0.460 e. The predicted octanol–water partition coefficient (Wildman–Crippen LogP) is 4.67. The molecule has 0 bridgehead atoms. The number of hydrogen-bond donors (Lipinski definition) is 2. The third kappa shape index (κ3) is 11.0. The molecule has 2 unspecified atom stereocenters. The second-order valence-corrected chi connectivity index (χ2v) is 13.0. The van der Waals surface area contributed by atoms with Gasteiger partial charge < -0.3 is 24.8 Å². The van der Waals surface area contributed by atoms with E-state index in [1.54, 1.807) is 60.6 Å². The second kappa shape index (κ2) is 12.5. The summed E-state index contributed by atoms with van der Waals surface area (Å²) in [6.07, 6.45) is 0.0511. The lowest BCUT2D eigenvalue weighted by Gasteiger charge is -2.25. The zero-order valence-electron chi connectivity index (χ0n) is 25.2. The molecule has 0 spiro atoms. The van der Waals surface area contributed by atoms with E-state index < -0.39 is 40.9 Å². The number of alkyl carbamates (subject to hydrolysis) is 1. The molecule has 218 valence electrons. The molecular weight excluding hydrogens is 500 g/mol. The van der Waals surface area contributed by atoms with Crippen LogP contribution in [0.3, 0.4) is 0 Å². The van der Waals surface area contributed by atoms with Gasteiger partial charge in [-0.2, -0.15) is 0 Å². The molecule has 1 aromatic carbocycles. The maximum absolute atomic E-state index is 13.2. The highest BCUT2D eigenvalue weighted by molar-refractivity contribution is 6.01. The number of rotatable bonds is 11. The van der Waals surface area contributed by atoms with Gasteiger partial charge in [-0.1, -0.05) is 19.9 Å². The summed E-state index contributed by atoms with van der Waals surface area (Å²) in [5, 5.41) is 5.68. The molecule has 1 aliphatic heterocycles.